The molecule has 0 aromatic heterocycles. The average Bonchev–Trinajstić information content (AvgIpc) is 2.76. The Morgan fingerprint density at radius 2 is 0.714 bits per heavy atom. The fraction of sp³-hybridized carbons (Fsp3) is 0.562. The smallest absolute Gasteiger partial charge is 0.420 e. The summed E-state index contributed by atoms with van der Waals surface area (Å²) >= 11 is 0. The lowest BCUT2D eigenvalue weighted by Crippen LogP contribution is -2.43. The first-order valence-corrected chi connectivity index (χ1v) is 13.9. The van der Waals surface area contributed by atoms with Crippen molar-refractivity contribution >= 4 is 35.1 Å². The van der Waals surface area contributed by atoms with Crippen LogP contribution in [0.2, 0.25) is 0 Å². The lowest BCUT2D eigenvalue weighted by molar-refractivity contribution is -0.00232. The molecule has 0 radical (unpaired) electrons. The van der Waals surface area contributed by atoms with E-state index in [1.54, 1.807) is 107 Å². The minimum Gasteiger partial charge on any atom is -0.443 e. The number of carbonyl (C=O) groups is 4. The van der Waals surface area contributed by atoms with Gasteiger partial charge in [0.05, 0.1) is 13.1 Å². The van der Waals surface area contributed by atoms with Crippen LogP contribution in [0.15, 0.2) is 36.4 Å². The molecule has 0 spiro atoms. The highest BCUT2D eigenvalue weighted by Gasteiger charge is 2.33. The summed E-state index contributed by atoms with van der Waals surface area (Å²) < 4.78 is 22.0. The molecule has 0 bridgehead atoms. The summed E-state index contributed by atoms with van der Waals surface area (Å²) in [5.74, 6) is 0. The van der Waals surface area contributed by atoms with Gasteiger partial charge in [-0.05, 0) is 105 Å². The summed E-state index contributed by atoms with van der Waals surface area (Å²) in [6, 6.07) is 10.8. The van der Waals surface area contributed by atoms with Gasteiger partial charge in [0.25, 0.3) is 0 Å². The number of amides is 4. The molecule has 232 valence electrons. The van der Waals surface area contributed by atoms with Crippen LogP contribution in [0.25, 0.3) is 10.8 Å². The molecule has 0 aliphatic heterocycles. The summed E-state index contributed by atoms with van der Waals surface area (Å²) in [6.45, 7) is 20.3. The lowest BCUT2D eigenvalue weighted by atomic mass is 9.99. The SMILES string of the molecule is CC(C)(C)OC(=O)N(Cc1cccc2c(CN(C(=O)OC(C)(C)C)C(=O)OC(C)(C)C)cccc12)C(=O)OC(C)(C)C. The van der Waals surface area contributed by atoms with Crippen molar-refractivity contribution in [2.24, 2.45) is 0 Å². The maximum atomic E-state index is 13.1. The summed E-state index contributed by atoms with van der Waals surface area (Å²) in [7, 11) is 0. The van der Waals surface area contributed by atoms with E-state index in [0.717, 1.165) is 9.80 Å². The molecule has 4 amide bonds. The van der Waals surface area contributed by atoms with E-state index in [4.69, 9.17) is 18.9 Å². The minimum atomic E-state index is -0.842. The highest BCUT2D eigenvalue weighted by Crippen LogP contribution is 2.27. The molecular formula is C32H46N2O8. The number of hydrogen-bond donors (Lipinski definition) is 0. The molecule has 0 atom stereocenters. The van der Waals surface area contributed by atoms with Crippen LogP contribution in [0, 0.1) is 0 Å². The van der Waals surface area contributed by atoms with Crippen molar-refractivity contribution in [3.05, 3.63) is 47.5 Å². The van der Waals surface area contributed by atoms with Crippen LogP contribution in [-0.4, -0.2) is 56.6 Å². The van der Waals surface area contributed by atoms with Crippen molar-refractivity contribution < 1.29 is 38.1 Å². The van der Waals surface area contributed by atoms with Gasteiger partial charge in [-0.3, -0.25) is 0 Å². The molecule has 2 rings (SSSR count). The van der Waals surface area contributed by atoms with E-state index in [1.165, 1.54) is 0 Å². The number of benzene rings is 2. The predicted molar refractivity (Wildman–Crippen MR) is 160 cm³/mol. The van der Waals surface area contributed by atoms with E-state index in [9.17, 15) is 19.2 Å². The van der Waals surface area contributed by atoms with E-state index >= 15 is 0 Å². The zero-order valence-corrected chi connectivity index (χ0v) is 27.0. The fourth-order valence-corrected chi connectivity index (χ4v) is 3.73. The van der Waals surface area contributed by atoms with Crippen molar-refractivity contribution in [1.29, 1.82) is 0 Å². The van der Waals surface area contributed by atoms with Crippen molar-refractivity contribution in [1.82, 2.24) is 9.80 Å². The zero-order chi connectivity index (χ0) is 32.3. The Bertz CT molecular complexity index is 1150. The maximum Gasteiger partial charge on any atom is 0.420 e. The molecule has 0 aliphatic rings. The quantitative estimate of drug-likeness (QED) is 0.330. The molecule has 0 N–H and O–H groups in total. The monoisotopic (exact) mass is 586 g/mol. The number of rotatable bonds is 4. The molecule has 0 saturated heterocycles. The number of imide groups is 2. The van der Waals surface area contributed by atoms with Crippen LogP contribution in [0.3, 0.4) is 0 Å². The first-order chi connectivity index (χ1) is 19.0. The third-order valence-electron chi connectivity index (χ3n) is 5.22. The van der Waals surface area contributed by atoms with Crippen molar-refractivity contribution in [2.45, 2.75) is 119 Å². The van der Waals surface area contributed by atoms with E-state index in [2.05, 4.69) is 0 Å². The second kappa shape index (κ2) is 12.6. The van der Waals surface area contributed by atoms with Gasteiger partial charge in [0.15, 0.2) is 0 Å². The van der Waals surface area contributed by atoms with Crippen molar-refractivity contribution in [3.8, 4) is 0 Å². The molecule has 0 aliphatic carbocycles. The Kier molecular flexibility index (Phi) is 10.3. The van der Waals surface area contributed by atoms with Gasteiger partial charge >= 0.3 is 24.4 Å². The Morgan fingerprint density at radius 1 is 0.476 bits per heavy atom. The van der Waals surface area contributed by atoms with Gasteiger partial charge in [0, 0.05) is 0 Å². The maximum absolute atomic E-state index is 13.1. The molecule has 2 aromatic rings. The van der Waals surface area contributed by atoms with Gasteiger partial charge in [0.1, 0.15) is 22.4 Å². The Labute approximate surface area is 249 Å². The first kappa shape index (κ1) is 34.4. The van der Waals surface area contributed by atoms with Gasteiger partial charge < -0.3 is 18.9 Å². The van der Waals surface area contributed by atoms with Gasteiger partial charge in [-0.25, -0.2) is 29.0 Å². The second-order valence-corrected chi connectivity index (χ2v) is 14.0. The van der Waals surface area contributed by atoms with E-state index in [-0.39, 0.29) is 13.1 Å². The van der Waals surface area contributed by atoms with E-state index < -0.39 is 46.8 Å². The molecule has 0 fully saturated rings. The van der Waals surface area contributed by atoms with Gasteiger partial charge in [-0.15, -0.1) is 0 Å². The summed E-state index contributed by atoms with van der Waals surface area (Å²) in [5, 5.41) is 1.42. The van der Waals surface area contributed by atoms with E-state index in [0.29, 0.717) is 21.9 Å². The number of fused-ring (bicyclic) bond motifs is 1. The molecule has 0 unspecified atom stereocenters. The third kappa shape index (κ3) is 10.9. The number of hydrogen-bond acceptors (Lipinski definition) is 8. The largest absolute Gasteiger partial charge is 0.443 e. The van der Waals surface area contributed by atoms with Gasteiger partial charge in [-0.1, -0.05) is 36.4 Å². The summed E-state index contributed by atoms with van der Waals surface area (Å²) in [6.07, 6.45) is -3.37. The van der Waals surface area contributed by atoms with Gasteiger partial charge in [-0.2, -0.15) is 0 Å². The molecule has 10 nitrogen and oxygen atoms in total. The van der Waals surface area contributed by atoms with Crippen molar-refractivity contribution in [3.63, 3.8) is 0 Å². The normalized spacial score (nSPS) is 12.4. The average molecular weight is 587 g/mol. The molecular weight excluding hydrogens is 540 g/mol. The minimum absolute atomic E-state index is 0.132. The molecule has 10 heteroatoms. The molecule has 2 aromatic carbocycles. The standard InChI is InChI=1S/C32H46N2O8/c1-29(2,3)39-25(35)33(26(36)40-30(4,5)6)19-21-15-13-18-24-22(16-14-17-23(21)24)20-34(27(37)41-31(7,8)9)28(38)42-32(10,11)12/h13-18H,19-20H2,1-12H3. The highest BCUT2D eigenvalue weighted by atomic mass is 16.6. The van der Waals surface area contributed by atoms with Crippen LogP contribution >= 0.6 is 0 Å². The molecule has 42 heavy (non-hydrogen) atoms. The zero-order valence-electron chi connectivity index (χ0n) is 27.0. The number of nitrogens with zero attached hydrogens (tertiary/aromatic N) is 2. The van der Waals surface area contributed by atoms with E-state index in [1.807, 2.05) is 12.1 Å². The number of ether oxygens (including phenoxy) is 4. The highest BCUT2D eigenvalue weighted by molar-refractivity contribution is 5.93. The molecule has 0 saturated carbocycles. The van der Waals surface area contributed by atoms with Crippen LogP contribution in [0.5, 0.6) is 0 Å². The lowest BCUT2D eigenvalue weighted by Gasteiger charge is -2.29. The predicted octanol–water partition coefficient (Wildman–Crippen LogP) is 8.18. The topological polar surface area (TPSA) is 112 Å². The van der Waals surface area contributed by atoms with Crippen molar-refractivity contribution in [2.75, 3.05) is 0 Å². The van der Waals surface area contributed by atoms with Gasteiger partial charge in [0.2, 0.25) is 0 Å². The Balaban J connectivity index is 2.55. The van der Waals surface area contributed by atoms with Crippen LogP contribution < -0.4 is 0 Å². The fourth-order valence-electron chi connectivity index (χ4n) is 3.73. The summed E-state index contributed by atoms with van der Waals surface area (Å²) in [4.78, 5) is 54.3. The van der Waals surface area contributed by atoms with Crippen LogP contribution in [0.4, 0.5) is 19.2 Å². The second-order valence-electron chi connectivity index (χ2n) is 14.0. The Morgan fingerprint density at radius 3 is 0.929 bits per heavy atom. The third-order valence-corrected chi connectivity index (χ3v) is 5.22. The van der Waals surface area contributed by atoms with Crippen LogP contribution in [0.1, 0.15) is 94.2 Å². The summed E-state index contributed by atoms with van der Waals surface area (Å²) in [5.41, 5.74) is -2.09. The molecule has 0 heterocycles. The first-order valence-electron chi connectivity index (χ1n) is 13.9. The Hall–Kier alpha value is -3.82. The number of carbonyl (C=O) groups excluding carboxylic acids is 4. The van der Waals surface area contributed by atoms with Crippen LogP contribution in [-0.2, 0) is 32.0 Å².